The number of benzene rings is 1. The maximum Gasteiger partial charge on any atom is 0.225 e. The van der Waals surface area contributed by atoms with Crippen molar-refractivity contribution in [2.24, 2.45) is 5.92 Å². The number of anilines is 2. The molecular formula is C26H29N5O. The zero-order valence-corrected chi connectivity index (χ0v) is 18.3. The first-order chi connectivity index (χ1) is 15.8. The molecule has 0 unspecified atom stereocenters. The molecule has 2 aromatic heterocycles. The number of aromatic nitrogens is 3. The minimum absolute atomic E-state index is 0.146. The highest BCUT2D eigenvalue weighted by molar-refractivity contribution is 5.79. The SMILES string of the molecule is O=C(C1CCCC1)N1CCC[C@@H](c2nc(Nc3ccccc3)cc(-c3ccncc3)n2)C1. The Balaban J connectivity index is 1.44. The summed E-state index contributed by atoms with van der Waals surface area (Å²) in [5.41, 5.74) is 2.86. The zero-order valence-electron chi connectivity index (χ0n) is 18.3. The van der Waals surface area contributed by atoms with Crippen LogP contribution in [-0.2, 0) is 4.79 Å². The number of carbonyl (C=O) groups excluding carboxylic acids is 1. The Hall–Kier alpha value is -3.28. The first-order valence-corrected chi connectivity index (χ1v) is 11.7. The van der Waals surface area contributed by atoms with Gasteiger partial charge in [0.05, 0.1) is 5.69 Å². The van der Waals surface area contributed by atoms with Gasteiger partial charge in [-0.3, -0.25) is 9.78 Å². The van der Waals surface area contributed by atoms with E-state index in [-0.39, 0.29) is 11.8 Å². The fourth-order valence-corrected chi connectivity index (χ4v) is 4.87. The quantitative estimate of drug-likeness (QED) is 0.608. The molecule has 0 bridgehead atoms. The van der Waals surface area contributed by atoms with Crippen molar-refractivity contribution < 1.29 is 4.79 Å². The van der Waals surface area contributed by atoms with E-state index in [4.69, 9.17) is 9.97 Å². The smallest absolute Gasteiger partial charge is 0.225 e. The normalized spacial score (nSPS) is 19.1. The third-order valence-electron chi connectivity index (χ3n) is 6.57. The van der Waals surface area contributed by atoms with Gasteiger partial charge in [0.1, 0.15) is 11.6 Å². The standard InChI is InChI=1S/C26H29N5O/c32-26(20-7-4-5-8-20)31-16-6-9-21(18-31)25-29-23(19-12-14-27-15-13-19)17-24(30-25)28-22-10-2-1-3-11-22/h1-3,10-15,17,20-21H,4-9,16,18H2,(H,28,29,30)/t21-/m1/s1. The topological polar surface area (TPSA) is 71.0 Å². The number of hydrogen-bond acceptors (Lipinski definition) is 5. The Morgan fingerprint density at radius 3 is 2.50 bits per heavy atom. The van der Waals surface area contributed by atoms with Crippen molar-refractivity contribution in [3.8, 4) is 11.3 Å². The summed E-state index contributed by atoms with van der Waals surface area (Å²) in [6, 6.07) is 16.0. The molecule has 3 heterocycles. The van der Waals surface area contributed by atoms with Gasteiger partial charge in [-0.2, -0.15) is 0 Å². The molecule has 0 radical (unpaired) electrons. The number of pyridine rings is 1. The number of carbonyl (C=O) groups is 1. The highest BCUT2D eigenvalue weighted by Crippen LogP contribution is 2.32. The molecule has 3 aromatic rings. The van der Waals surface area contributed by atoms with Gasteiger partial charge < -0.3 is 10.2 Å². The Morgan fingerprint density at radius 2 is 1.72 bits per heavy atom. The predicted octanol–water partition coefficient (Wildman–Crippen LogP) is 5.18. The van der Waals surface area contributed by atoms with Crippen molar-refractivity contribution in [2.45, 2.75) is 44.4 Å². The molecule has 0 spiro atoms. The van der Waals surface area contributed by atoms with E-state index < -0.39 is 0 Å². The zero-order chi connectivity index (χ0) is 21.8. The van der Waals surface area contributed by atoms with Gasteiger partial charge in [0, 0.05) is 54.6 Å². The number of rotatable bonds is 5. The summed E-state index contributed by atoms with van der Waals surface area (Å²) in [5, 5.41) is 3.43. The summed E-state index contributed by atoms with van der Waals surface area (Å²) < 4.78 is 0. The maximum absolute atomic E-state index is 13.0. The molecule has 1 aromatic carbocycles. The van der Waals surface area contributed by atoms with Gasteiger partial charge >= 0.3 is 0 Å². The lowest BCUT2D eigenvalue weighted by Gasteiger charge is -2.34. The van der Waals surface area contributed by atoms with E-state index in [0.29, 0.717) is 12.5 Å². The molecule has 1 atom stereocenters. The van der Waals surface area contributed by atoms with Crippen LogP contribution >= 0.6 is 0 Å². The number of hydrogen-bond donors (Lipinski definition) is 1. The lowest BCUT2D eigenvalue weighted by molar-refractivity contribution is -0.136. The van der Waals surface area contributed by atoms with Crippen LogP contribution in [0, 0.1) is 5.92 Å². The fourth-order valence-electron chi connectivity index (χ4n) is 4.87. The molecule has 6 nitrogen and oxygen atoms in total. The minimum Gasteiger partial charge on any atom is -0.342 e. The fraction of sp³-hybridized carbons (Fsp3) is 0.385. The molecule has 5 rings (SSSR count). The average Bonchev–Trinajstić information content (AvgIpc) is 3.40. The highest BCUT2D eigenvalue weighted by Gasteiger charge is 2.32. The van der Waals surface area contributed by atoms with Crippen LogP contribution in [0.15, 0.2) is 60.9 Å². The van der Waals surface area contributed by atoms with Crippen molar-refractivity contribution in [1.29, 1.82) is 0 Å². The lowest BCUT2D eigenvalue weighted by atomic mass is 9.95. The summed E-state index contributed by atoms with van der Waals surface area (Å²) in [5.74, 6) is 2.27. The average molecular weight is 428 g/mol. The van der Waals surface area contributed by atoms with Gasteiger partial charge in [-0.05, 0) is 49.9 Å². The lowest BCUT2D eigenvalue weighted by Crippen LogP contribution is -2.42. The molecule has 2 aliphatic rings. The maximum atomic E-state index is 13.0. The van der Waals surface area contributed by atoms with Crippen LogP contribution in [0.3, 0.4) is 0 Å². The van der Waals surface area contributed by atoms with Crippen molar-refractivity contribution in [3.05, 3.63) is 66.7 Å². The molecule has 1 saturated carbocycles. The van der Waals surface area contributed by atoms with Crippen molar-refractivity contribution in [3.63, 3.8) is 0 Å². The van der Waals surface area contributed by atoms with Crippen LogP contribution in [0.4, 0.5) is 11.5 Å². The number of likely N-dealkylation sites (tertiary alicyclic amines) is 1. The molecular weight excluding hydrogens is 398 g/mol. The van der Waals surface area contributed by atoms with Gasteiger partial charge in [-0.25, -0.2) is 9.97 Å². The highest BCUT2D eigenvalue weighted by atomic mass is 16.2. The van der Waals surface area contributed by atoms with Crippen molar-refractivity contribution in [1.82, 2.24) is 19.9 Å². The Bertz CT molecular complexity index is 1050. The molecule has 32 heavy (non-hydrogen) atoms. The second-order valence-corrected chi connectivity index (χ2v) is 8.83. The number of nitrogens with zero attached hydrogens (tertiary/aromatic N) is 4. The minimum atomic E-state index is 0.146. The van der Waals surface area contributed by atoms with Crippen LogP contribution in [-0.4, -0.2) is 38.8 Å². The Labute approximate surface area is 189 Å². The summed E-state index contributed by atoms with van der Waals surface area (Å²) in [6.45, 7) is 1.56. The van der Waals surface area contributed by atoms with E-state index in [2.05, 4.69) is 15.2 Å². The summed E-state index contributed by atoms with van der Waals surface area (Å²) >= 11 is 0. The van der Waals surface area contributed by atoms with E-state index in [9.17, 15) is 4.79 Å². The second-order valence-electron chi connectivity index (χ2n) is 8.83. The first kappa shape index (κ1) is 20.6. The third kappa shape index (κ3) is 4.64. The molecule has 1 N–H and O–H groups in total. The second kappa shape index (κ2) is 9.47. The molecule has 2 fully saturated rings. The summed E-state index contributed by atoms with van der Waals surface area (Å²) in [6.07, 6.45) is 10.00. The molecule has 164 valence electrons. The van der Waals surface area contributed by atoms with Gasteiger partial charge in [0.25, 0.3) is 0 Å². The monoisotopic (exact) mass is 427 g/mol. The number of amides is 1. The summed E-state index contributed by atoms with van der Waals surface area (Å²) in [4.78, 5) is 29.1. The van der Waals surface area contributed by atoms with Gasteiger partial charge in [0.15, 0.2) is 0 Å². The molecule has 1 saturated heterocycles. The first-order valence-electron chi connectivity index (χ1n) is 11.7. The van der Waals surface area contributed by atoms with Crippen LogP contribution in [0.1, 0.15) is 50.3 Å². The van der Waals surface area contributed by atoms with Gasteiger partial charge in [0.2, 0.25) is 5.91 Å². The molecule has 1 aliphatic heterocycles. The van der Waals surface area contributed by atoms with Crippen LogP contribution in [0.5, 0.6) is 0 Å². The summed E-state index contributed by atoms with van der Waals surface area (Å²) in [7, 11) is 0. The third-order valence-corrected chi connectivity index (χ3v) is 6.57. The number of para-hydroxylation sites is 1. The van der Waals surface area contributed by atoms with Crippen molar-refractivity contribution in [2.75, 3.05) is 18.4 Å². The van der Waals surface area contributed by atoms with E-state index >= 15 is 0 Å². The van der Waals surface area contributed by atoms with Crippen LogP contribution < -0.4 is 5.32 Å². The predicted molar refractivity (Wildman–Crippen MR) is 126 cm³/mol. The largest absolute Gasteiger partial charge is 0.342 e. The number of piperidine rings is 1. The molecule has 6 heteroatoms. The van der Waals surface area contributed by atoms with Crippen LogP contribution in [0.2, 0.25) is 0 Å². The Morgan fingerprint density at radius 1 is 0.938 bits per heavy atom. The van der Waals surface area contributed by atoms with E-state index in [1.807, 2.05) is 48.5 Å². The van der Waals surface area contributed by atoms with Crippen LogP contribution in [0.25, 0.3) is 11.3 Å². The Kier molecular flexibility index (Phi) is 6.10. The number of nitrogens with one attached hydrogen (secondary N) is 1. The van der Waals surface area contributed by atoms with E-state index in [1.165, 1.54) is 12.8 Å². The molecule has 1 amide bonds. The van der Waals surface area contributed by atoms with E-state index in [1.54, 1.807) is 12.4 Å². The van der Waals surface area contributed by atoms with Crippen molar-refractivity contribution >= 4 is 17.4 Å². The molecule has 1 aliphatic carbocycles. The van der Waals surface area contributed by atoms with E-state index in [0.717, 1.165) is 60.8 Å². The van der Waals surface area contributed by atoms with Gasteiger partial charge in [-0.15, -0.1) is 0 Å². The van der Waals surface area contributed by atoms with Gasteiger partial charge in [-0.1, -0.05) is 31.0 Å².